The lowest BCUT2D eigenvalue weighted by atomic mass is 10.1. The first-order chi connectivity index (χ1) is 13.7. The molecule has 1 aromatic heterocycles. The molecule has 2 heterocycles. The van der Waals surface area contributed by atoms with Crippen LogP contribution in [0, 0.1) is 11.3 Å². The van der Waals surface area contributed by atoms with Crippen molar-refractivity contribution in [3.8, 4) is 11.8 Å². The van der Waals surface area contributed by atoms with Gasteiger partial charge in [0.25, 0.3) is 5.91 Å². The number of nitrogens with one attached hydrogen (secondary N) is 1. The van der Waals surface area contributed by atoms with Crippen molar-refractivity contribution in [1.29, 1.82) is 5.26 Å². The number of aromatic nitrogens is 1. The number of pyridine rings is 1. The minimum absolute atomic E-state index is 0.0498. The molecule has 28 heavy (non-hydrogen) atoms. The molecule has 0 spiro atoms. The standard InChI is InChI=1S/C21H17ClN4O2/c22-15-6-7-17-16(11-15)14(12-23)10-20(25-17)24-8-3-9-26-18-4-1-2-5-19(18)28-13-21(26)27/h1-2,4-7,10-11H,3,8-9,13H2,(H,24,25). The lowest BCUT2D eigenvalue weighted by Crippen LogP contribution is -2.39. The third kappa shape index (κ3) is 3.57. The van der Waals surface area contributed by atoms with E-state index in [0.29, 0.717) is 35.0 Å². The fourth-order valence-electron chi connectivity index (χ4n) is 3.23. The van der Waals surface area contributed by atoms with Crippen LogP contribution in [0.2, 0.25) is 5.02 Å². The quantitative estimate of drug-likeness (QED) is 0.664. The van der Waals surface area contributed by atoms with E-state index in [1.54, 1.807) is 29.2 Å². The fraction of sp³-hybridized carbons (Fsp3) is 0.190. The number of amides is 1. The Labute approximate surface area is 167 Å². The maximum absolute atomic E-state index is 12.2. The molecule has 0 radical (unpaired) electrons. The minimum Gasteiger partial charge on any atom is -0.482 e. The Bertz CT molecular complexity index is 1090. The van der Waals surface area contributed by atoms with E-state index in [9.17, 15) is 10.1 Å². The molecule has 0 fully saturated rings. The second-order valence-corrected chi connectivity index (χ2v) is 6.85. The Hall–Kier alpha value is -3.30. The first-order valence-electron chi connectivity index (χ1n) is 8.92. The monoisotopic (exact) mass is 392 g/mol. The highest BCUT2D eigenvalue weighted by atomic mass is 35.5. The lowest BCUT2D eigenvalue weighted by Gasteiger charge is -2.29. The van der Waals surface area contributed by atoms with Gasteiger partial charge in [-0.05, 0) is 42.8 Å². The van der Waals surface area contributed by atoms with Gasteiger partial charge in [-0.15, -0.1) is 0 Å². The summed E-state index contributed by atoms with van der Waals surface area (Å²) in [7, 11) is 0. The highest BCUT2D eigenvalue weighted by Gasteiger charge is 2.24. The Kier molecular flexibility index (Phi) is 5.00. The Morgan fingerprint density at radius 1 is 1.25 bits per heavy atom. The summed E-state index contributed by atoms with van der Waals surface area (Å²) in [6, 6.07) is 16.7. The van der Waals surface area contributed by atoms with E-state index in [1.807, 2.05) is 24.3 Å². The number of anilines is 2. The molecule has 1 amide bonds. The molecule has 1 aliphatic rings. The van der Waals surface area contributed by atoms with Crippen molar-refractivity contribution in [2.45, 2.75) is 6.42 Å². The predicted octanol–water partition coefficient (Wildman–Crippen LogP) is 3.99. The van der Waals surface area contributed by atoms with Crippen molar-refractivity contribution in [2.24, 2.45) is 0 Å². The van der Waals surface area contributed by atoms with Crippen LogP contribution in [0.3, 0.4) is 0 Å². The zero-order chi connectivity index (χ0) is 19.5. The maximum atomic E-state index is 12.2. The van der Waals surface area contributed by atoms with Gasteiger partial charge in [0, 0.05) is 23.5 Å². The molecule has 0 saturated carbocycles. The zero-order valence-electron chi connectivity index (χ0n) is 15.0. The number of carbonyl (C=O) groups is 1. The minimum atomic E-state index is -0.0498. The van der Waals surface area contributed by atoms with E-state index in [0.717, 1.165) is 23.2 Å². The van der Waals surface area contributed by atoms with Crippen molar-refractivity contribution >= 4 is 39.9 Å². The van der Waals surface area contributed by atoms with Crippen LogP contribution in [0.4, 0.5) is 11.5 Å². The smallest absolute Gasteiger partial charge is 0.265 e. The Balaban J connectivity index is 1.43. The topological polar surface area (TPSA) is 78.2 Å². The maximum Gasteiger partial charge on any atom is 0.265 e. The Morgan fingerprint density at radius 2 is 2.11 bits per heavy atom. The molecule has 0 saturated heterocycles. The third-order valence-corrected chi connectivity index (χ3v) is 4.80. The van der Waals surface area contributed by atoms with E-state index in [2.05, 4.69) is 16.4 Å². The summed E-state index contributed by atoms with van der Waals surface area (Å²) in [5.41, 5.74) is 2.03. The fourth-order valence-corrected chi connectivity index (χ4v) is 3.41. The van der Waals surface area contributed by atoms with Gasteiger partial charge in [0.1, 0.15) is 11.6 Å². The molecule has 4 rings (SSSR count). The zero-order valence-corrected chi connectivity index (χ0v) is 15.7. The van der Waals surface area contributed by atoms with Crippen molar-refractivity contribution in [1.82, 2.24) is 4.98 Å². The number of hydrogen-bond donors (Lipinski definition) is 1. The van der Waals surface area contributed by atoms with Crippen molar-refractivity contribution < 1.29 is 9.53 Å². The highest BCUT2D eigenvalue weighted by Crippen LogP contribution is 2.31. The number of benzene rings is 2. The van der Waals surface area contributed by atoms with Crippen LogP contribution in [-0.2, 0) is 4.79 Å². The predicted molar refractivity (Wildman–Crippen MR) is 109 cm³/mol. The Morgan fingerprint density at radius 3 is 2.96 bits per heavy atom. The highest BCUT2D eigenvalue weighted by molar-refractivity contribution is 6.31. The van der Waals surface area contributed by atoms with Gasteiger partial charge in [-0.3, -0.25) is 4.79 Å². The average molecular weight is 393 g/mol. The lowest BCUT2D eigenvalue weighted by molar-refractivity contribution is -0.121. The molecular weight excluding hydrogens is 376 g/mol. The molecule has 1 aliphatic heterocycles. The van der Waals surface area contributed by atoms with Gasteiger partial charge in [0.05, 0.1) is 22.8 Å². The average Bonchev–Trinajstić information content (AvgIpc) is 2.72. The number of halogens is 1. The van der Waals surface area contributed by atoms with Crippen LogP contribution in [0.5, 0.6) is 5.75 Å². The molecular formula is C21H17ClN4O2. The van der Waals surface area contributed by atoms with Crippen molar-refractivity contribution in [2.75, 3.05) is 29.9 Å². The summed E-state index contributed by atoms with van der Waals surface area (Å²) in [4.78, 5) is 18.5. The number of ether oxygens (including phenoxy) is 1. The van der Waals surface area contributed by atoms with E-state index in [1.165, 1.54) is 0 Å². The number of para-hydroxylation sites is 2. The SMILES string of the molecule is N#Cc1cc(NCCCN2C(=O)COc3ccccc32)nc2ccc(Cl)cc12. The number of nitriles is 1. The first kappa shape index (κ1) is 18.1. The largest absolute Gasteiger partial charge is 0.482 e. The molecule has 0 aliphatic carbocycles. The molecule has 0 unspecified atom stereocenters. The van der Waals surface area contributed by atoms with Gasteiger partial charge in [-0.25, -0.2) is 4.98 Å². The van der Waals surface area contributed by atoms with Crippen LogP contribution >= 0.6 is 11.6 Å². The summed E-state index contributed by atoms with van der Waals surface area (Å²) in [5.74, 6) is 1.30. The number of hydrogen-bond acceptors (Lipinski definition) is 5. The molecule has 0 atom stereocenters. The first-order valence-corrected chi connectivity index (χ1v) is 9.30. The molecule has 6 nitrogen and oxygen atoms in total. The summed E-state index contributed by atoms with van der Waals surface area (Å²) in [6.07, 6.45) is 0.725. The van der Waals surface area contributed by atoms with Gasteiger partial charge in [0.2, 0.25) is 0 Å². The summed E-state index contributed by atoms with van der Waals surface area (Å²) >= 11 is 6.02. The summed E-state index contributed by atoms with van der Waals surface area (Å²) in [5, 5.41) is 14.0. The van der Waals surface area contributed by atoms with Crippen molar-refractivity contribution in [3.63, 3.8) is 0 Å². The summed E-state index contributed by atoms with van der Waals surface area (Å²) < 4.78 is 5.46. The molecule has 1 N–H and O–H groups in total. The van der Waals surface area contributed by atoms with E-state index >= 15 is 0 Å². The van der Waals surface area contributed by atoms with E-state index in [-0.39, 0.29) is 12.5 Å². The summed E-state index contributed by atoms with van der Waals surface area (Å²) in [6.45, 7) is 1.25. The van der Waals surface area contributed by atoms with Gasteiger partial charge in [-0.1, -0.05) is 23.7 Å². The van der Waals surface area contributed by atoms with E-state index < -0.39 is 0 Å². The normalized spacial score (nSPS) is 13.0. The van der Waals surface area contributed by atoms with Crippen molar-refractivity contribution in [3.05, 3.63) is 59.1 Å². The molecule has 0 bridgehead atoms. The molecule has 7 heteroatoms. The van der Waals surface area contributed by atoms with Gasteiger partial charge in [0.15, 0.2) is 6.61 Å². The molecule has 140 valence electrons. The van der Waals surface area contributed by atoms with Crippen LogP contribution in [0.25, 0.3) is 10.9 Å². The van der Waals surface area contributed by atoms with E-state index in [4.69, 9.17) is 16.3 Å². The molecule has 3 aromatic rings. The van der Waals surface area contributed by atoms with Crippen LogP contribution in [0.1, 0.15) is 12.0 Å². The number of nitrogens with zero attached hydrogens (tertiary/aromatic N) is 3. The number of carbonyl (C=O) groups excluding carboxylic acids is 1. The van der Waals surface area contributed by atoms with Crippen LogP contribution in [0.15, 0.2) is 48.5 Å². The number of rotatable bonds is 5. The van der Waals surface area contributed by atoms with Crippen LogP contribution in [-0.4, -0.2) is 30.6 Å². The van der Waals surface area contributed by atoms with Gasteiger partial charge in [-0.2, -0.15) is 5.26 Å². The third-order valence-electron chi connectivity index (χ3n) is 4.56. The van der Waals surface area contributed by atoms with Gasteiger partial charge < -0.3 is 15.0 Å². The van der Waals surface area contributed by atoms with Gasteiger partial charge >= 0.3 is 0 Å². The second-order valence-electron chi connectivity index (χ2n) is 6.41. The number of fused-ring (bicyclic) bond motifs is 2. The second kappa shape index (κ2) is 7.75. The van der Waals surface area contributed by atoms with Crippen LogP contribution < -0.4 is 15.0 Å². The molecule has 2 aromatic carbocycles.